The molecular weight excluding hydrogens is 386 g/mol. The van der Waals surface area contributed by atoms with E-state index in [0.29, 0.717) is 22.2 Å². The third-order valence-corrected chi connectivity index (χ3v) is 4.28. The number of hydrogen-bond donors (Lipinski definition) is 0. The Balaban J connectivity index is 2.05. The van der Waals surface area contributed by atoms with Gasteiger partial charge in [-0.3, -0.25) is 0 Å². The van der Waals surface area contributed by atoms with Crippen molar-refractivity contribution in [3.8, 4) is 11.5 Å². The Hall–Kier alpha value is -3.03. The summed E-state index contributed by atoms with van der Waals surface area (Å²) in [6, 6.07) is 13.9. The van der Waals surface area contributed by atoms with Gasteiger partial charge in [0, 0.05) is 5.02 Å². The highest BCUT2D eigenvalue weighted by Crippen LogP contribution is 2.36. The fourth-order valence-corrected chi connectivity index (χ4v) is 2.86. The van der Waals surface area contributed by atoms with Crippen molar-refractivity contribution in [3.63, 3.8) is 0 Å². The molecule has 0 aliphatic carbocycles. The molecule has 0 spiro atoms. The predicted molar refractivity (Wildman–Crippen MR) is 102 cm³/mol. The van der Waals surface area contributed by atoms with Gasteiger partial charge >= 0.3 is 11.9 Å². The van der Waals surface area contributed by atoms with Crippen LogP contribution in [0.15, 0.2) is 59.8 Å². The van der Waals surface area contributed by atoms with Gasteiger partial charge in [0.1, 0.15) is 18.2 Å². The predicted octanol–water partition coefficient (Wildman–Crippen LogP) is 3.53. The van der Waals surface area contributed by atoms with Crippen LogP contribution in [0.25, 0.3) is 0 Å². The largest absolute Gasteiger partial charge is 0.466 e. The molecule has 3 rings (SSSR count). The van der Waals surface area contributed by atoms with E-state index in [0.717, 1.165) is 0 Å². The van der Waals surface area contributed by atoms with E-state index >= 15 is 0 Å². The molecule has 0 aromatic heterocycles. The van der Waals surface area contributed by atoms with Gasteiger partial charge in [-0.05, 0) is 36.4 Å². The first kappa shape index (κ1) is 19.7. The lowest BCUT2D eigenvalue weighted by molar-refractivity contribution is -0.140. The molecule has 1 aliphatic rings. The molecule has 0 saturated heterocycles. The summed E-state index contributed by atoms with van der Waals surface area (Å²) in [5.74, 6) is -0.321. The number of rotatable bonds is 5. The molecule has 8 heteroatoms. The van der Waals surface area contributed by atoms with E-state index < -0.39 is 11.9 Å². The van der Waals surface area contributed by atoms with E-state index in [1.165, 1.54) is 19.1 Å². The first-order chi connectivity index (χ1) is 13.5. The van der Waals surface area contributed by atoms with Gasteiger partial charge in [0.05, 0.1) is 32.1 Å². The van der Waals surface area contributed by atoms with E-state index in [4.69, 9.17) is 30.5 Å². The molecule has 2 aromatic rings. The highest BCUT2D eigenvalue weighted by atomic mass is 35.5. The Kier molecular flexibility index (Phi) is 6.18. The van der Waals surface area contributed by atoms with Crippen LogP contribution < -0.4 is 9.64 Å². The maximum atomic E-state index is 12.4. The molecule has 28 heavy (non-hydrogen) atoms. The van der Waals surface area contributed by atoms with Crippen LogP contribution in [-0.4, -0.2) is 39.5 Å². The van der Waals surface area contributed by atoms with Crippen LogP contribution >= 0.6 is 11.6 Å². The average molecular weight is 404 g/mol. The normalized spacial score (nSPS) is 13.9. The van der Waals surface area contributed by atoms with Crippen LogP contribution in [0, 0.1) is 0 Å². The third-order valence-electron chi connectivity index (χ3n) is 4.03. The van der Waals surface area contributed by atoms with E-state index in [1.54, 1.807) is 48.5 Å². The van der Waals surface area contributed by atoms with Gasteiger partial charge in [-0.15, -0.1) is 0 Å². The van der Waals surface area contributed by atoms with Crippen molar-refractivity contribution in [3.05, 3.63) is 64.8 Å². The molecule has 0 bridgehead atoms. The number of ether oxygens (including phenoxy) is 4. The number of anilines is 1. The van der Waals surface area contributed by atoms with Gasteiger partial charge < -0.3 is 23.8 Å². The van der Waals surface area contributed by atoms with E-state index in [1.807, 2.05) is 0 Å². The lowest BCUT2D eigenvalue weighted by atomic mass is 10.1. The Morgan fingerprint density at radius 1 is 1.00 bits per heavy atom. The molecule has 146 valence electrons. The first-order valence-corrected chi connectivity index (χ1v) is 8.70. The summed E-state index contributed by atoms with van der Waals surface area (Å²) in [6.07, 6.45) is 0. The van der Waals surface area contributed by atoms with Crippen LogP contribution in [0.3, 0.4) is 0 Å². The Morgan fingerprint density at radius 3 is 2.36 bits per heavy atom. The van der Waals surface area contributed by atoms with Gasteiger partial charge in [0.2, 0.25) is 0 Å². The van der Waals surface area contributed by atoms with Crippen molar-refractivity contribution in [1.29, 1.82) is 0 Å². The molecular formula is C20H18ClNO6. The van der Waals surface area contributed by atoms with Crippen molar-refractivity contribution in [2.24, 2.45) is 0 Å². The molecule has 7 nitrogen and oxygen atoms in total. The number of hydrogen-bond acceptors (Lipinski definition) is 7. The van der Waals surface area contributed by atoms with Crippen LogP contribution in [-0.2, 0) is 23.8 Å². The minimum Gasteiger partial charge on any atom is -0.466 e. The number of para-hydroxylation sites is 2. The Morgan fingerprint density at radius 2 is 1.68 bits per heavy atom. The Bertz CT molecular complexity index is 909. The second-order valence-electron chi connectivity index (χ2n) is 5.74. The van der Waals surface area contributed by atoms with Crippen LogP contribution in [0.5, 0.6) is 11.5 Å². The SMILES string of the molecule is COC(=O)C1=C(C(=O)OC)N(c2ccccc2Oc2ccc(Cl)cc2)COC1. The molecule has 0 unspecified atom stereocenters. The summed E-state index contributed by atoms with van der Waals surface area (Å²) in [5, 5.41) is 0.587. The second kappa shape index (κ2) is 8.77. The topological polar surface area (TPSA) is 74.3 Å². The number of methoxy groups -OCH3 is 2. The molecule has 1 aliphatic heterocycles. The van der Waals surface area contributed by atoms with Gasteiger partial charge in [0.15, 0.2) is 5.75 Å². The van der Waals surface area contributed by atoms with Gasteiger partial charge in [0.25, 0.3) is 0 Å². The lowest BCUT2D eigenvalue weighted by Crippen LogP contribution is -2.38. The van der Waals surface area contributed by atoms with Crippen LogP contribution in [0.1, 0.15) is 0 Å². The van der Waals surface area contributed by atoms with E-state index in [9.17, 15) is 9.59 Å². The summed E-state index contributed by atoms with van der Waals surface area (Å²) in [5.41, 5.74) is 0.647. The summed E-state index contributed by atoms with van der Waals surface area (Å²) in [4.78, 5) is 26.1. The summed E-state index contributed by atoms with van der Waals surface area (Å²) < 4.78 is 21.1. The number of halogens is 1. The first-order valence-electron chi connectivity index (χ1n) is 8.32. The van der Waals surface area contributed by atoms with Crippen molar-refractivity contribution in [2.45, 2.75) is 0 Å². The lowest BCUT2D eigenvalue weighted by Gasteiger charge is -2.32. The van der Waals surface area contributed by atoms with Crippen molar-refractivity contribution < 1.29 is 28.5 Å². The van der Waals surface area contributed by atoms with E-state index in [-0.39, 0.29) is 24.6 Å². The quantitative estimate of drug-likeness (QED) is 0.707. The zero-order chi connectivity index (χ0) is 20.1. The third kappa shape index (κ3) is 4.11. The molecule has 0 fully saturated rings. The molecule has 0 N–H and O–H groups in total. The highest BCUT2D eigenvalue weighted by Gasteiger charge is 2.33. The maximum absolute atomic E-state index is 12.4. The monoisotopic (exact) mass is 403 g/mol. The Labute approximate surface area is 167 Å². The average Bonchev–Trinajstić information content (AvgIpc) is 2.74. The number of nitrogens with zero attached hydrogens (tertiary/aromatic N) is 1. The number of benzene rings is 2. The van der Waals surface area contributed by atoms with Gasteiger partial charge in [-0.25, -0.2) is 9.59 Å². The van der Waals surface area contributed by atoms with Crippen molar-refractivity contribution in [2.75, 3.05) is 32.5 Å². The molecule has 1 heterocycles. The second-order valence-corrected chi connectivity index (χ2v) is 6.18. The van der Waals surface area contributed by atoms with Crippen molar-refractivity contribution >= 4 is 29.2 Å². The molecule has 0 amide bonds. The molecule has 0 saturated carbocycles. The zero-order valence-corrected chi connectivity index (χ0v) is 16.1. The fraction of sp³-hybridized carbons (Fsp3) is 0.200. The standard InChI is InChI=1S/C20H18ClNO6/c1-25-19(23)15-11-27-12-22(18(15)20(24)26-2)16-5-3-4-6-17(16)28-14-9-7-13(21)8-10-14/h3-10H,11-12H2,1-2H3. The van der Waals surface area contributed by atoms with Crippen LogP contribution in [0.4, 0.5) is 5.69 Å². The fourth-order valence-electron chi connectivity index (χ4n) is 2.73. The minimum absolute atomic E-state index is 0.0336. The van der Waals surface area contributed by atoms with Crippen molar-refractivity contribution in [1.82, 2.24) is 0 Å². The highest BCUT2D eigenvalue weighted by molar-refractivity contribution is 6.30. The summed E-state index contributed by atoms with van der Waals surface area (Å²) >= 11 is 5.92. The summed E-state index contributed by atoms with van der Waals surface area (Å²) in [7, 11) is 2.48. The number of esters is 2. The van der Waals surface area contributed by atoms with E-state index in [2.05, 4.69) is 0 Å². The van der Waals surface area contributed by atoms with Gasteiger partial charge in [-0.1, -0.05) is 23.7 Å². The molecule has 0 radical (unpaired) electrons. The maximum Gasteiger partial charge on any atom is 0.355 e. The summed E-state index contributed by atoms with van der Waals surface area (Å²) in [6.45, 7) is -0.0280. The molecule has 2 aromatic carbocycles. The number of carbonyl (C=O) groups is 2. The number of carbonyl (C=O) groups excluding carboxylic acids is 2. The smallest absolute Gasteiger partial charge is 0.355 e. The molecule has 0 atom stereocenters. The van der Waals surface area contributed by atoms with Crippen LogP contribution in [0.2, 0.25) is 5.02 Å². The minimum atomic E-state index is -0.676. The van der Waals surface area contributed by atoms with Gasteiger partial charge in [-0.2, -0.15) is 0 Å². The zero-order valence-electron chi connectivity index (χ0n) is 15.3.